The Hall–Kier alpha value is -0.990. The summed E-state index contributed by atoms with van der Waals surface area (Å²) in [4.78, 5) is 0. The molecule has 0 aromatic heterocycles. The third-order valence-corrected chi connectivity index (χ3v) is 3.49. The van der Waals surface area contributed by atoms with Crippen molar-refractivity contribution in [2.45, 2.75) is 44.7 Å². The van der Waals surface area contributed by atoms with Gasteiger partial charge in [0, 0.05) is 12.6 Å². The van der Waals surface area contributed by atoms with Crippen LogP contribution in [-0.2, 0) is 6.54 Å². The number of nitrogens with one attached hydrogen (secondary N) is 1. The second-order valence-electron chi connectivity index (χ2n) is 4.96. The highest BCUT2D eigenvalue weighted by Gasteiger charge is 2.12. The molecule has 0 saturated heterocycles. The van der Waals surface area contributed by atoms with Crippen LogP contribution in [0.25, 0.3) is 0 Å². The van der Waals surface area contributed by atoms with E-state index >= 15 is 0 Å². The van der Waals surface area contributed by atoms with Crippen LogP contribution in [0.3, 0.4) is 0 Å². The third kappa shape index (κ3) is 5.66. The normalized spacial score (nSPS) is 15.6. The van der Waals surface area contributed by atoms with Crippen molar-refractivity contribution < 1.29 is 17.1 Å². The molecule has 3 heteroatoms. The Balaban J connectivity index is 0.00000180. The monoisotopic (exact) mass is 280 g/mol. The molecule has 19 heavy (non-hydrogen) atoms. The summed E-state index contributed by atoms with van der Waals surface area (Å²) in [7, 11) is 0. The Labute approximate surface area is 122 Å². The lowest BCUT2D eigenvalue weighted by Gasteiger charge is -2.22. The van der Waals surface area contributed by atoms with Gasteiger partial charge < -0.3 is 22.5 Å². The molecule has 0 spiro atoms. The maximum absolute atomic E-state index is 5.47. The van der Waals surface area contributed by atoms with E-state index in [2.05, 4.69) is 24.0 Å². The van der Waals surface area contributed by atoms with Crippen LogP contribution < -0.4 is 22.5 Å². The van der Waals surface area contributed by atoms with E-state index in [1.54, 1.807) is 6.08 Å². The second kappa shape index (κ2) is 9.00. The van der Waals surface area contributed by atoms with Gasteiger partial charge in [-0.1, -0.05) is 44.1 Å². The van der Waals surface area contributed by atoms with E-state index in [-0.39, 0.29) is 12.4 Å². The molecule has 2 nitrogen and oxygen atoms in total. The van der Waals surface area contributed by atoms with Crippen molar-refractivity contribution in [1.82, 2.24) is 5.32 Å². The number of rotatable bonds is 6. The molecule has 0 aliphatic heterocycles. The summed E-state index contributed by atoms with van der Waals surface area (Å²) in [6, 6.07) is 9.04. The molecule has 1 saturated carbocycles. The smallest absolute Gasteiger partial charge is 0.119 e. The first-order valence-corrected chi connectivity index (χ1v) is 6.94. The molecule has 1 fully saturated rings. The average molecular weight is 281 g/mol. The van der Waals surface area contributed by atoms with Crippen LogP contribution >= 0.6 is 0 Å². The first-order chi connectivity index (χ1) is 8.88. The van der Waals surface area contributed by atoms with Gasteiger partial charge in [-0.05, 0) is 30.5 Å². The van der Waals surface area contributed by atoms with Gasteiger partial charge in [-0.3, -0.25) is 0 Å². The van der Waals surface area contributed by atoms with E-state index in [0.717, 1.165) is 18.3 Å². The van der Waals surface area contributed by atoms with Crippen LogP contribution in [-0.4, -0.2) is 12.6 Å². The molecule has 0 amide bonds. The molecular weight excluding hydrogens is 258 g/mol. The van der Waals surface area contributed by atoms with Crippen molar-refractivity contribution in [3.63, 3.8) is 0 Å². The van der Waals surface area contributed by atoms with Crippen molar-refractivity contribution in [3.8, 4) is 5.75 Å². The number of hydrogen-bond acceptors (Lipinski definition) is 2. The SMILES string of the molecule is C=CCOc1ccc(CNC2CCCCC2)cc1.[Cl-]. The zero-order chi connectivity index (χ0) is 12.6. The van der Waals surface area contributed by atoms with E-state index in [9.17, 15) is 0 Å². The lowest BCUT2D eigenvalue weighted by Crippen LogP contribution is -3.00. The van der Waals surface area contributed by atoms with E-state index in [4.69, 9.17) is 4.74 Å². The zero-order valence-corrected chi connectivity index (χ0v) is 12.2. The van der Waals surface area contributed by atoms with Gasteiger partial charge in [0.05, 0.1) is 0 Å². The van der Waals surface area contributed by atoms with Gasteiger partial charge in [0.2, 0.25) is 0 Å². The van der Waals surface area contributed by atoms with E-state index in [1.165, 1.54) is 37.7 Å². The maximum atomic E-state index is 5.47. The molecule has 0 radical (unpaired) electrons. The van der Waals surface area contributed by atoms with Gasteiger partial charge >= 0.3 is 0 Å². The fourth-order valence-electron chi connectivity index (χ4n) is 2.43. The lowest BCUT2D eigenvalue weighted by molar-refractivity contribution is -0.00000422. The van der Waals surface area contributed by atoms with Gasteiger partial charge in [-0.25, -0.2) is 0 Å². The molecule has 0 bridgehead atoms. The molecule has 1 aliphatic rings. The number of hydrogen-bond donors (Lipinski definition) is 1. The molecule has 1 aromatic carbocycles. The molecule has 1 aliphatic carbocycles. The van der Waals surface area contributed by atoms with E-state index in [0.29, 0.717) is 6.61 Å². The van der Waals surface area contributed by atoms with E-state index < -0.39 is 0 Å². The van der Waals surface area contributed by atoms with Crippen LogP contribution in [0.5, 0.6) is 5.75 Å². The van der Waals surface area contributed by atoms with Crippen molar-refractivity contribution in [2.75, 3.05) is 6.61 Å². The molecule has 0 unspecified atom stereocenters. The van der Waals surface area contributed by atoms with Crippen molar-refractivity contribution >= 4 is 0 Å². The standard InChI is InChI=1S/C16H23NO.ClH/c1-2-12-18-16-10-8-14(9-11-16)13-17-15-6-4-3-5-7-15;/h2,8-11,15,17H,1,3-7,12-13H2;1H/p-1. The maximum Gasteiger partial charge on any atom is 0.119 e. The predicted molar refractivity (Wildman–Crippen MR) is 75.8 cm³/mol. The quantitative estimate of drug-likeness (QED) is 0.774. The molecule has 0 atom stereocenters. The molecule has 1 aromatic rings. The Bertz CT molecular complexity index is 358. The van der Waals surface area contributed by atoms with Crippen LogP contribution in [0.4, 0.5) is 0 Å². The van der Waals surface area contributed by atoms with Gasteiger partial charge in [0.25, 0.3) is 0 Å². The molecule has 1 N–H and O–H groups in total. The minimum absolute atomic E-state index is 0. The highest BCUT2D eigenvalue weighted by atomic mass is 35.5. The summed E-state index contributed by atoms with van der Waals surface area (Å²) in [6.07, 6.45) is 8.60. The highest BCUT2D eigenvalue weighted by Crippen LogP contribution is 2.18. The third-order valence-electron chi connectivity index (χ3n) is 3.49. The number of halogens is 1. The van der Waals surface area contributed by atoms with Gasteiger partial charge in [0.1, 0.15) is 12.4 Å². The Morgan fingerprint density at radius 1 is 1.16 bits per heavy atom. The molecule has 2 rings (SSSR count). The fraction of sp³-hybridized carbons (Fsp3) is 0.500. The van der Waals surface area contributed by atoms with Gasteiger partial charge in [-0.15, -0.1) is 0 Å². The van der Waals surface area contributed by atoms with Crippen molar-refractivity contribution in [1.29, 1.82) is 0 Å². The Morgan fingerprint density at radius 3 is 2.47 bits per heavy atom. The van der Waals surface area contributed by atoms with Gasteiger partial charge in [-0.2, -0.15) is 0 Å². The highest BCUT2D eigenvalue weighted by molar-refractivity contribution is 5.27. The largest absolute Gasteiger partial charge is 1.00 e. The molecular formula is C16H23ClNO-. The number of benzene rings is 1. The Morgan fingerprint density at radius 2 is 1.84 bits per heavy atom. The topological polar surface area (TPSA) is 21.3 Å². The zero-order valence-electron chi connectivity index (χ0n) is 11.4. The van der Waals surface area contributed by atoms with Crippen LogP contribution in [0.2, 0.25) is 0 Å². The summed E-state index contributed by atoms with van der Waals surface area (Å²) in [5, 5.41) is 3.64. The molecule has 106 valence electrons. The first kappa shape index (κ1) is 16.1. The number of ether oxygens (including phenoxy) is 1. The predicted octanol–water partition coefficient (Wildman–Crippen LogP) is 0.678. The lowest BCUT2D eigenvalue weighted by atomic mass is 9.95. The van der Waals surface area contributed by atoms with Crippen molar-refractivity contribution in [3.05, 3.63) is 42.5 Å². The minimum atomic E-state index is 0. The van der Waals surface area contributed by atoms with Crippen molar-refractivity contribution in [2.24, 2.45) is 0 Å². The average Bonchev–Trinajstić information content (AvgIpc) is 2.45. The van der Waals surface area contributed by atoms with Crippen LogP contribution in [0.1, 0.15) is 37.7 Å². The van der Waals surface area contributed by atoms with E-state index in [1.807, 2.05) is 12.1 Å². The van der Waals surface area contributed by atoms with Crippen LogP contribution in [0.15, 0.2) is 36.9 Å². The van der Waals surface area contributed by atoms with Crippen LogP contribution in [0, 0.1) is 0 Å². The Kier molecular flexibility index (Phi) is 7.61. The summed E-state index contributed by atoms with van der Waals surface area (Å²) in [5.41, 5.74) is 1.33. The minimum Gasteiger partial charge on any atom is -1.00 e. The first-order valence-electron chi connectivity index (χ1n) is 6.94. The summed E-state index contributed by atoms with van der Waals surface area (Å²) in [6.45, 7) is 5.17. The summed E-state index contributed by atoms with van der Waals surface area (Å²) >= 11 is 0. The summed E-state index contributed by atoms with van der Waals surface area (Å²) in [5.74, 6) is 0.913. The second-order valence-corrected chi connectivity index (χ2v) is 4.96. The molecule has 0 heterocycles. The summed E-state index contributed by atoms with van der Waals surface area (Å²) < 4.78 is 5.47. The van der Waals surface area contributed by atoms with Gasteiger partial charge in [0.15, 0.2) is 0 Å². The fourth-order valence-corrected chi connectivity index (χ4v) is 2.43.